The summed E-state index contributed by atoms with van der Waals surface area (Å²) in [5.74, 6) is 0.809. The Morgan fingerprint density at radius 2 is 1.86 bits per heavy atom. The number of urea groups is 1. The predicted octanol–water partition coefficient (Wildman–Crippen LogP) is 6.14. The van der Waals surface area contributed by atoms with Crippen molar-refractivity contribution in [2.75, 3.05) is 18.5 Å². The Hall–Kier alpha value is -3.50. The lowest BCUT2D eigenvalue weighted by molar-refractivity contribution is 0.0680. The van der Waals surface area contributed by atoms with Crippen LogP contribution in [0.5, 0.6) is 5.75 Å². The van der Waals surface area contributed by atoms with Gasteiger partial charge in [0.15, 0.2) is 0 Å². The number of rotatable bonds is 7. The molecule has 0 bridgehead atoms. The molecule has 0 radical (unpaired) electrons. The average molecular weight is 485 g/mol. The first kappa shape index (κ1) is 22.9. The molecule has 2 saturated carbocycles. The van der Waals surface area contributed by atoms with Crippen molar-refractivity contribution in [2.45, 2.75) is 69.6 Å². The highest BCUT2D eigenvalue weighted by atomic mass is 16.5. The Morgan fingerprint density at radius 1 is 1.06 bits per heavy atom. The van der Waals surface area contributed by atoms with Crippen LogP contribution in [0.3, 0.4) is 0 Å². The number of anilines is 1. The van der Waals surface area contributed by atoms with Crippen molar-refractivity contribution in [3.05, 3.63) is 48.0 Å². The number of nitrogens with one attached hydrogen (secondary N) is 2. The maximum Gasteiger partial charge on any atom is 0.319 e. The number of nitrogens with zero attached hydrogens (tertiary/aromatic N) is 2. The standard InChI is InChI=1S/C29H32N4O3/c30-17-26-25-14-13-23(36-18-24-8-3-15-35-24)16-27(25)33(22-6-2-7-22)28(26)19-9-11-21(12-10-19)32-29(34)31-20-4-1-5-20/h9-14,16,20,22,24H,1-8,15,18H2,(H2,31,32,34). The van der Waals surface area contributed by atoms with E-state index in [0.29, 0.717) is 24.3 Å². The summed E-state index contributed by atoms with van der Waals surface area (Å²) in [5.41, 5.74) is 4.38. The second-order valence-electron chi connectivity index (χ2n) is 10.2. The van der Waals surface area contributed by atoms with Gasteiger partial charge in [-0.1, -0.05) is 12.1 Å². The van der Waals surface area contributed by atoms with E-state index in [4.69, 9.17) is 9.47 Å². The van der Waals surface area contributed by atoms with Crippen LogP contribution in [0.1, 0.15) is 63.0 Å². The fourth-order valence-electron chi connectivity index (χ4n) is 5.38. The fourth-order valence-corrected chi connectivity index (χ4v) is 5.38. The molecule has 7 nitrogen and oxygen atoms in total. The van der Waals surface area contributed by atoms with Gasteiger partial charge in [0.2, 0.25) is 0 Å². The first-order chi connectivity index (χ1) is 17.7. The van der Waals surface area contributed by atoms with Gasteiger partial charge in [-0.15, -0.1) is 0 Å². The third-order valence-corrected chi connectivity index (χ3v) is 7.84. The summed E-state index contributed by atoms with van der Waals surface area (Å²) in [7, 11) is 0. The van der Waals surface area contributed by atoms with E-state index in [1.54, 1.807) is 0 Å². The minimum Gasteiger partial charge on any atom is -0.491 e. The van der Waals surface area contributed by atoms with Crippen molar-refractivity contribution < 1.29 is 14.3 Å². The fraction of sp³-hybridized carbons (Fsp3) is 0.448. The molecule has 3 fully saturated rings. The van der Waals surface area contributed by atoms with Crippen molar-refractivity contribution >= 4 is 22.6 Å². The van der Waals surface area contributed by atoms with Gasteiger partial charge >= 0.3 is 6.03 Å². The Morgan fingerprint density at radius 3 is 2.50 bits per heavy atom. The van der Waals surface area contributed by atoms with Crippen LogP contribution in [0, 0.1) is 11.3 Å². The molecule has 2 aliphatic carbocycles. The monoisotopic (exact) mass is 484 g/mol. The molecule has 2 heterocycles. The van der Waals surface area contributed by atoms with Gasteiger partial charge in [-0.25, -0.2) is 4.79 Å². The first-order valence-corrected chi connectivity index (χ1v) is 13.2. The van der Waals surface area contributed by atoms with E-state index < -0.39 is 0 Å². The Balaban J connectivity index is 1.30. The number of benzene rings is 2. The lowest BCUT2D eigenvalue weighted by atomic mass is 9.92. The number of ether oxygens (including phenoxy) is 2. The first-order valence-electron chi connectivity index (χ1n) is 13.2. The lowest BCUT2D eigenvalue weighted by Gasteiger charge is -2.30. The van der Waals surface area contributed by atoms with Crippen LogP contribution in [0.4, 0.5) is 10.5 Å². The highest BCUT2D eigenvalue weighted by Gasteiger charge is 2.28. The number of amides is 2. The number of nitriles is 1. The van der Waals surface area contributed by atoms with Gasteiger partial charge in [-0.2, -0.15) is 5.26 Å². The van der Waals surface area contributed by atoms with E-state index in [1.807, 2.05) is 36.4 Å². The molecule has 1 aliphatic heterocycles. The van der Waals surface area contributed by atoms with Gasteiger partial charge in [-0.05, 0) is 81.2 Å². The zero-order chi connectivity index (χ0) is 24.5. The molecule has 3 aliphatic rings. The van der Waals surface area contributed by atoms with Crippen molar-refractivity contribution in [1.29, 1.82) is 5.26 Å². The van der Waals surface area contributed by atoms with Crippen molar-refractivity contribution in [3.8, 4) is 23.1 Å². The second-order valence-corrected chi connectivity index (χ2v) is 10.2. The molecule has 2 aromatic carbocycles. The zero-order valence-corrected chi connectivity index (χ0v) is 20.5. The van der Waals surface area contributed by atoms with Gasteiger partial charge < -0.3 is 24.7 Å². The quantitative estimate of drug-likeness (QED) is 0.422. The number of hydrogen-bond donors (Lipinski definition) is 2. The SMILES string of the molecule is N#Cc1c(-c2ccc(NC(=O)NC3CCC3)cc2)n(C2CCC2)c2cc(OCC3CCCO3)ccc12. The van der Waals surface area contributed by atoms with Gasteiger partial charge in [0.05, 0.1) is 22.9 Å². The van der Waals surface area contributed by atoms with Crippen LogP contribution in [0.2, 0.25) is 0 Å². The minimum atomic E-state index is -0.163. The smallest absolute Gasteiger partial charge is 0.319 e. The summed E-state index contributed by atoms with van der Waals surface area (Å²) in [4.78, 5) is 12.3. The number of aromatic nitrogens is 1. The van der Waals surface area contributed by atoms with Crippen molar-refractivity contribution in [1.82, 2.24) is 9.88 Å². The molecule has 1 unspecified atom stereocenters. The van der Waals surface area contributed by atoms with Gasteiger partial charge in [-0.3, -0.25) is 0 Å². The molecule has 186 valence electrons. The highest BCUT2D eigenvalue weighted by Crippen LogP contribution is 2.43. The zero-order valence-electron chi connectivity index (χ0n) is 20.5. The van der Waals surface area contributed by atoms with E-state index in [2.05, 4.69) is 27.3 Å². The topological polar surface area (TPSA) is 88.3 Å². The molecule has 0 spiro atoms. The van der Waals surface area contributed by atoms with Crippen LogP contribution >= 0.6 is 0 Å². The summed E-state index contributed by atoms with van der Waals surface area (Å²) in [5, 5.41) is 17.1. The Kier molecular flexibility index (Phi) is 6.28. The summed E-state index contributed by atoms with van der Waals surface area (Å²) >= 11 is 0. The number of carbonyl (C=O) groups excluding carboxylic acids is 1. The maximum absolute atomic E-state index is 12.3. The number of fused-ring (bicyclic) bond motifs is 1. The molecular formula is C29H32N4O3. The predicted molar refractivity (Wildman–Crippen MR) is 139 cm³/mol. The van der Waals surface area contributed by atoms with E-state index in [-0.39, 0.29) is 12.1 Å². The molecule has 1 aromatic heterocycles. The summed E-state index contributed by atoms with van der Waals surface area (Å²) in [6, 6.07) is 16.8. The summed E-state index contributed by atoms with van der Waals surface area (Å²) < 4.78 is 14.1. The minimum absolute atomic E-state index is 0.160. The maximum atomic E-state index is 12.3. The molecule has 7 heteroatoms. The van der Waals surface area contributed by atoms with Crippen molar-refractivity contribution in [3.63, 3.8) is 0 Å². The number of carbonyl (C=O) groups is 1. The van der Waals surface area contributed by atoms with E-state index >= 15 is 0 Å². The van der Waals surface area contributed by atoms with Crippen LogP contribution < -0.4 is 15.4 Å². The highest BCUT2D eigenvalue weighted by molar-refractivity contribution is 5.96. The third kappa shape index (κ3) is 4.42. The molecule has 36 heavy (non-hydrogen) atoms. The molecule has 3 aromatic rings. The van der Waals surface area contributed by atoms with E-state index in [1.165, 1.54) is 12.8 Å². The third-order valence-electron chi connectivity index (χ3n) is 7.84. The molecule has 6 rings (SSSR count). The van der Waals surface area contributed by atoms with Gasteiger partial charge in [0.1, 0.15) is 18.4 Å². The molecule has 2 amide bonds. The second kappa shape index (κ2) is 9.87. The van der Waals surface area contributed by atoms with Crippen LogP contribution in [0.25, 0.3) is 22.2 Å². The number of hydrogen-bond acceptors (Lipinski definition) is 4. The largest absolute Gasteiger partial charge is 0.491 e. The van der Waals surface area contributed by atoms with Crippen LogP contribution in [-0.4, -0.2) is 36.0 Å². The normalized spacial score (nSPS) is 19.9. The summed E-state index contributed by atoms with van der Waals surface area (Å²) in [6.45, 7) is 1.36. The lowest BCUT2D eigenvalue weighted by Crippen LogP contribution is -2.41. The molecular weight excluding hydrogens is 452 g/mol. The molecule has 1 atom stereocenters. The Bertz CT molecular complexity index is 1290. The van der Waals surface area contributed by atoms with Crippen LogP contribution in [0.15, 0.2) is 42.5 Å². The summed E-state index contributed by atoms with van der Waals surface area (Å²) in [6.07, 6.45) is 8.97. The Labute approximate surface area is 211 Å². The van der Waals surface area contributed by atoms with Gasteiger partial charge in [0.25, 0.3) is 0 Å². The average Bonchev–Trinajstić information content (AvgIpc) is 3.46. The molecule has 2 N–H and O–H groups in total. The van der Waals surface area contributed by atoms with Crippen LogP contribution in [-0.2, 0) is 4.74 Å². The van der Waals surface area contributed by atoms with Gasteiger partial charge in [0, 0.05) is 35.8 Å². The molecule has 1 saturated heterocycles. The van der Waals surface area contributed by atoms with E-state index in [9.17, 15) is 10.1 Å². The van der Waals surface area contributed by atoms with E-state index in [0.717, 1.165) is 78.7 Å². The van der Waals surface area contributed by atoms with Crippen molar-refractivity contribution in [2.24, 2.45) is 0 Å².